The van der Waals surface area contributed by atoms with E-state index in [1.54, 1.807) is 11.3 Å². The Morgan fingerprint density at radius 1 is 1.07 bits per heavy atom. The molecule has 0 saturated heterocycles. The smallest absolute Gasteiger partial charge is 0.124 e. The van der Waals surface area contributed by atoms with Crippen LogP contribution in [0.2, 0.25) is 0 Å². The standard InChI is InChI=1S/C13H15NS/c1-8-5-6-9(2)12(7-8)13-14-10(3)11(4)15-13/h5-7H,1-4H3. The van der Waals surface area contributed by atoms with Crippen LogP contribution in [-0.2, 0) is 0 Å². The van der Waals surface area contributed by atoms with Crippen molar-refractivity contribution in [3.8, 4) is 10.6 Å². The van der Waals surface area contributed by atoms with Crippen molar-refractivity contribution in [1.82, 2.24) is 4.98 Å². The molecule has 0 amide bonds. The first-order valence-corrected chi connectivity index (χ1v) is 5.91. The minimum atomic E-state index is 1.14. The summed E-state index contributed by atoms with van der Waals surface area (Å²) in [5, 5.41) is 1.14. The summed E-state index contributed by atoms with van der Waals surface area (Å²) in [6.07, 6.45) is 0. The lowest BCUT2D eigenvalue weighted by atomic mass is 10.1. The third-order valence-corrected chi connectivity index (χ3v) is 3.76. The monoisotopic (exact) mass is 217 g/mol. The summed E-state index contributed by atoms with van der Waals surface area (Å²) in [6.45, 7) is 8.46. The zero-order chi connectivity index (χ0) is 11.0. The van der Waals surface area contributed by atoms with Gasteiger partial charge in [-0.2, -0.15) is 0 Å². The molecular formula is C13H15NS. The molecule has 0 unspecified atom stereocenters. The van der Waals surface area contributed by atoms with Crippen molar-refractivity contribution in [1.29, 1.82) is 0 Å². The van der Waals surface area contributed by atoms with Gasteiger partial charge in [-0.15, -0.1) is 11.3 Å². The van der Waals surface area contributed by atoms with Crippen LogP contribution >= 0.6 is 11.3 Å². The Balaban J connectivity index is 2.58. The van der Waals surface area contributed by atoms with Gasteiger partial charge in [-0.3, -0.25) is 0 Å². The summed E-state index contributed by atoms with van der Waals surface area (Å²) in [5.74, 6) is 0. The van der Waals surface area contributed by atoms with E-state index in [2.05, 4.69) is 50.9 Å². The average Bonchev–Trinajstić information content (AvgIpc) is 2.51. The Morgan fingerprint density at radius 3 is 2.40 bits per heavy atom. The lowest BCUT2D eigenvalue weighted by molar-refractivity contribution is 1.23. The van der Waals surface area contributed by atoms with Gasteiger partial charge in [-0.1, -0.05) is 17.7 Å². The molecule has 78 valence electrons. The summed E-state index contributed by atoms with van der Waals surface area (Å²) >= 11 is 1.78. The van der Waals surface area contributed by atoms with Crippen LogP contribution in [0, 0.1) is 27.7 Å². The second kappa shape index (κ2) is 3.78. The van der Waals surface area contributed by atoms with Crippen molar-refractivity contribution in [3.63, 3.8) is 0 Å². The van der Waals surface area contributed by atoms with Gasteiger partial charge in [0.15, 0.2) is 0 Å². The number of benzene rings is 1. The van der Waals surface area contributed by atoms with Crippen molar-refractivity contribution < 1.29 is 0 Å². The summed E-state index contributed by atoms with van der Waals surface area (Å²) in [4.78, 5) is 5.91. The highest BCUT2D eigenvalue weighted by Crippen LogP contribution is 2.30. The number of aryl methyl sites for hydroxylation is 4. The first-order chi connectivity index (χ1) is 7.08. The lowest BCUT2D eigenvalue weighted by Gasteiger charge is -2.03. The van der Waals surface area contributed by atoms with Gasteiger partial charge in [0, 0.05) is 10.4 Å². The van der Waals surface area contributed by atoms with E-state index in [4.69, 9.17) is 0 Å². The average molecular weight is 217 g/mol. The van der Waals surface area contributed by atoms with Crippen molar-refractivity contribution in [2.24, 2.45) is 0 Å². The SMILES string of the molecule is Cc1ccc(C)c(-c2nc(C)c(C)s2)c1. The highest BCUT2D eigenvalue weighted by molar-refractivity contribution is 7.15. The minimum absolute atomic E-state index is 1.14. The zero-order valence-corrected chi connectivity index (χ0v) is 10.4. The van der Waals surface area contributed by atoms with Crippen LogP contribution in [0.4, 0.5) is 0 Å². The number of rotatable bonds is 1. The van der Waals surface area contributed by atoms with Crippen LogP contribution in [0.15, 0.2) is 18.2 Å². The molecule has 1 aromatic carbocycles. The molecule has 15 heavy (non-hydrogen) atoms. The number of aromatic nitrogens is 1. The molecule has 2 heteroatoms. The summed E-state index contributed by atoms with van der Waals surface area (Å²) < 4.78 is 0. The molecule has 0 fully saturated rings. The fourth-order valence-electron chi connectivity index (χ4n) is 1.55. The maximum Gasteiger partial charge on any atom is 0.124 e. The molecule has 0 saturated carbocycles. The van der Waals surface area contributed by atoms with Gasteiger partial charge in [-0.25, -0.2) is 4.98 Å². The van der Waals surface area contributed by atoms with Crippen LogP contribution in [0.3, 0.4) is 0 Å². The predicted molar refractivity (Wildman–Crippen MR) is 66.5 cm³/mol. The number of hydrogen-bond donors (Lipinski definition) is 0. The maximum atomic E-state index is 4.60. The van der Waals surface area contributed by atoms with E-state index in [9.17, 15) is 0 Å². The fraction of sp³-hybridized carbons (Fsp3) is 0.308. The molecule has 0 radical (unpaired) electrons. The number of hydrogen-bond acceptors (Lipinski definition) is 2. The predicted octanol–water partition coefficient (Wildman–Crippen LogP) is 4.04. The van der Waals surface area contributed by atoms with E-state index in [1.165, 1.54) is 21.6 Å². The molecule has 1 nitrogen and oxygen atoms in total. The zero-order valence-electron chi connectivity index (χ0n) is 9.59. The van der Waals surface area contributed by atoms with Crippen LogP contribution < -0.4 is 0 Å². The second-order valence-electron chi connectivity index (χ2n) is 3.98. The Hall–Kier alpha value is -1.15. The quantitative estimate of drug-likeness (QED) is 0.702. The van der Waals surface area contributed by atoms with Gasteiger partial charge in [0.05, 0.1) is 5.69 Å². The summed E-state index contributed by atoms with van der Waals surface area (Å²) in [6, 6.07) is 6.52. The van der Waals surface area contributed by atoms with E-state index in [0.29, 0.717) is 0 Å². The van der Waals surface area contributed by atoms with Crippen LogP contribution in [0.1, 0.15) is 21.7 Å². The molecule has 0 N–H and O–H groups in total. The Morgan fingerprint density at radius 2 is 1.80 bits per heavy atom. The van der Waals surface area contributed by atoms with Crippen LogP contribution in [-0.4, -0.2) is 4.98 Å². The lowest BCUT2D eigenvalue weighted by Crippen LogP contribution is -1.84. The normalized spacial score (nSPS) is 10.7. The molecule has 0 bridgehead atoms. The Labute approximate surface area is 94.8 Å². The van der Waals surface area contributed by atoms with Crippen molar-refractivity contribution in [2.75, 3.05) is 0 Å². The number of thiazole rings is 1. The van der Waals surface area contributed by atoms with E-state index < -0.39 is 0 Å². The van der Waals surface area contributed by atoms with Gasteiger partial charge >= 0.3 is 0 Å². The second-order valence-corrected chi connectivity index (χ2v) is 5.18. The minimum Gasteiger partial charge on any atom is -0.241 e. The van der Waals surface area contributed by atoms with E-state index in [-0.39, 0.29) is 0 Å². The molecule has 0 aliphatic heterocycles. The van der Waals surface area contributed by atoms with Gasteiger partial charge in [-0.05, 0) is 39.3 Å². The van der Waals surface area contributed by atoms with Crippen LogP contribution in [0.25, 0.3) is 10.6 Å². The first-order valence-electron chi connectivity index (χ1n) is 5.09. The molecule has 0 atom stereocenters. The highest BCUT2D eigenvalue weighted by atomic mass is 32.1. The van der Waals surface area contributed by atoms with Gasteiger partial charge < -0.3 is 0 Å². The molecule has 2 rings (SSSR count). The third-order valence-electron chi connectivity index (χ3n) is 2.65. The summed E-state index contributed by atoms with van der Waals surface area (Å²) in [7, 11) is 0. The van der Waals surface area contributed by atoms with Crippen molar-refractivity contribution >= 4 is 11.3 Å². The summed E-state index contributed by atoms with van der Waals surface area (Å²) in [5.41, 5.74) is 5.02. The molecule has 1 heterocycles. The van der Waals surface area contributed by atoms with Gasteiger partial charge in [0.2, 0.25) is 0 Å². The molecule has 0 aliphatic rings. The maximum absolute atomic E-state index is 4.60. The van der Waals surface area contributed by atoms with Crippen LogP contribution in [0.5, 0.6) is 0 Å². The highest BCUT2D eigenvalue weighted by Gasteiger charge is 2.08. The molecule has 0 aliphatic carbocycles. The van der Waals surface area contributed by atoms with Gasteiger partial charge in [0.25, 0.3) is 0 Å². The molecule has 0 spiro atoms. The molecule has 2 aromatic rings. The van der Waals surface area contributed by atoms with E-state index in [1.807, 2.05) is 0 Å². The number of nitrogens with zero attached hydrogens (tertiary/aromatic N) is 1. The van der Waals surface area contributed by atoms with Crippen molar-refractivity contribution in [3.05, 3.63) is 39.9 Å². The largest absolute Gasteiger partial charge is 0.241 e. The van der Waals surface area contributed by atoms with Crippen molar-refractivity contribution in [2.45, 2.75) is 27.7 Å². The Kier molecular flexibility index (Phi) is 2.61. The fourth-order valence-corrected chi connectivity index (χ4v) is 2.55. The van der Waals surface area contributed by atoms with E-state index >= 15 is 0 Å². The molecular weight excluding hydrogens is 202 g/mol. The topological polar surface area (TPSA) is 12.9 Å². The molecule has 1 aromatic heterocycles. The van der Waals surface area contributed by atoms with E-state index in [0.717, 1.165) is 10.7 Å². The third kappa shape index (κ3) is 1.95. The van der Waals surface area contributed by atoms with Gasteiger partial charge in [0.1, 0.15) is 5.01 Å². The first kappa shape index (κ1) is 10.4. The Bertz CT molecular complexity index is 478.